The first-order valence-electron chi connectivity index (χ1n) is 7.11. The Morgan fingerprint density at radius 3 is 2.52 bits per heavy atom. The summed E-state index contributed by atoms with van der Waals surface area (Å²) in [6.45, 7) is 1.88. The zero-order valence-electron chi connectivity index (χ0n) is 11.9. The highest BCUT2D eigenvalue weighted by Gasteiger charge is 2.24. The van der Waals surface area contributed by atoms with Crippen molar-refractivity contribution in [2.24, 2.45) is 5.92 Å². The minimum atomic E-state index is -0.718. The Labute approximate surface area is 124 Å². The minimum absolute atomic E-state index is 0.140. The van der Waals surface area contributed by atoms with Gasteiger partial charge in [-0.05, 0) is 24.5 Å². The summed E-state index contributed by atoms with van der Waals surface area (Å²) in [7, 11) is 0. The van der Waals surface area contributed by atoms with Crippen LogP contribution in [0.3, 0.4) is 0 Å². The zero-order chi connectivity index (χ0) is 15.1. The molecule has 1 aliphatic rings. The molecule has 112 valence electrons. The van der Waals surface area contributed by atoms with E-state index in [1.54, 1.807) is 6.08 Å². The molecule has 0 atom stereocenters. The van der Waals surface area contributed by atoms with Crippen LogP contribution in [-0.2, 0) is 9.59 Å². The molecule has 1 saturated heterocycles. The molecule has 1 aromatic carbocycles. The molecule has 0 saturated carbocycles. The van der Waals surface area contributed by atoms with E-state index in [2.05, 4.69) is 10.2 Å². The standard InChI is InChI=1S/C16H20N2O3/c19-15(7-6-13-4-2-1-3-5-13)17-12-18-10-8-14(9-11-18)16(20)21/h1-7,14H,8-12H2,(H,17,19)(H,20,21)/b7-6+. The topological polar surface area (TPSA) is 69.6 Å². The highest BCUT2D eigenvalue weighted by Crippen LogP contribution is 2.16. The predicted octanol–water partition coefficient (Wildman–Crippen LogP) is 1.57. The third-order valence-corrected chi connectivity index (χ3v) is 3.64. The summed E-state index contributed by atoms with van der Waals surface area (Å²) in [6.07, 6.45) is 4.57. The van der Waals surface area contributed by atoms with Crippen molar-refractivity contribution in [2.75, 3.05) is 19.8 Å². The van der Waals surface area contributed by atoms with Crippen LogP contribution in [-0.4, -0.2) is 41.6 Å². The van der Waals surface area contributed by atoms with Gasteiger partial charge >= 0.3 is 5.97 Å². The van der Waals surface area contributed by atoms with E-state index in [1.165, 1.54) is 6.08 Å². The molecule has 1 heterocycles. The first-order valence-corrected chi connectivity index (χ1v) is 7.11. The second-order valence-electron chi connectivity index (χ2n) is 5.17. The van der Waals surface area contributed by atoms with E-state index in [4.69, 9.17) is 5.11 Å². The van der Waals surface area contributed by atoms with Crippen molar-refractivity contribution in [1.82, 2.24) is 10.2 Å². The van der Waals surface area contributed by atoms with Gasteiger partial charge in [-0.2, -0.15) is 0 Å². The molecule has 0 aromatic heterocycles. The Bertz CT molecular complexity index is 506. The SMILES string of the molecule is O=C(/C=C/c1ccccc1)NCN1CCC(C(=O)O)CC1. The molecule has 5 nitrogen and oxygen atoms in total. The van der Waals surface area contributed by atoms with Gasteiger partial charge < -0.3 is 10.4 Å². The summed E-state index contributed by atoms with van der Waals surface area (Å²) in [6, 6.07) is 9.63. The van der Waals surface area contributed by atoms with Crippen LogP contribution in [0.4, 0.5) is 0 Å². The fourth-order valence-corrected chi connectivity index (χ4v) is 2.32. The Morgan fingerprint density at radius 1 is 1.24 bits per heavy atom. The van der Waals surface area contributed by atoms with Gasteiger partial charge in [0.1, 0.15) is 0 Å². The Morgan fingerprint density at radius 2 is 1.90 bits per heavy atom. The normalized spacial score (nSPS) is 17.0. The monoisotopic (exact) mass is 288 g/mol. The van der Waals surface area contributed by atoms with Crippen LogP contribution in [0.15, 0.2) is 36.4 Å². The Hall–Kier alpha value is -2.14. The van der Waals surface area contributed by atoms with Crippen LogP contribution in [0.25, 0.3) is 6.08 Å². The molecular weight excluding hydrogens is 268 g/mol. The summed E-state index contributed by atoms with van der Waals surface area (Å²) < 4.78 is 0. The van der Waals surface area contributed by atoms with Crippen molar-refractivity contribution in [3.8, 4) is 0 Å². The number of carboxylic acid groups (broad SMARTS) is 1. The third-order valence-electron chi connectivity index (χ3n) is 3.64. The van der Waals surface area contributed by atoms with E-state index in [0.717, 1.165) is 5.56 Å². The fourth-order valence-electron chi connectivity index (χ4n) is 2.32. The number of benzene rings is 1. The lowest BCUT2D eigenvalue weighted by molar-refractivity contribution is -0.143. The predicted molar refractivity (Wildman–Crippen MR) is 80.4 cm³/mol. The lowest BCUT2D eigenvalue weighted by Crippen LogP contribution is -2.42. The molecule has 1 fully saturated rings. The van der Waals surface area contributed by atoms with Crippen molar-refractivity contribution < 1.29 is 14.7 Å². The summed E-state index contributed by atoms with van der Waals surface area (Å²) in [5.41, 5.74) is 0.981. The number of amides is 1. The molecule has 0 aliphatic carbocycles. The van der Waals surface area contributed by atoms with Gasteiger partial charge in [0, 0.05) is 19.2 Å². The van der Waals surface area contributed by atoms with E-state index >= 15 is 0 Å². The van der Waals surface area contributed by atoms with Crippen molar-refractivity contribution in [2.45, 2.75) is 12.8 Å². The maximum absolute atomic E-state index is 11.7. The van der Waals surface area contributed by atoms with Gasteiger partial charge in [0.05, 0.1) is 12.6 Å². The summed E-state index contributed by atoms with van der Waals surface area (Å²) in [5, 5.41) is 11.7. The van der Waals surface area contributed by atoms with E-state index in [9.17, 15) is 9.59 Å². The van der Waals surface area contributed by atoms with Crippen molar-refractivity contribution in [1.29, 1.82) is 0 Å². The van der Waals surface area contributed by atoms with Crippen LogP contribution in [0.5, 0.6) is 0 Å². The fraction of sp³-hybridized carbons (Fsp3) is 0.375. The van der Waals surface area contributed by atoms with Crippen molar-refractivity contribution >= 4 is 18.0 Å². The highest BCUT2D eigenvalue weighted by molar-refractivity contribution is 5.91. The molecular formula is C16H20N2O3. The number of piperidine rings is 1. The van der Waals surface area contributed by atoms with Crippen LogP contribution in [0, 0.1) is 5.92 Å². The molecule has 0 unspecified atom stereocenters. The summed E-state index contributed by atoms with van der Waals surface area (Å²) in [4.78, 5) is 24.6. The van der Waals surface area contributed by atoms with E-state index in [0.29, 0.717) is 32.6 Å². The van der Waals surface area contributed by atoms with Gasteiger partial charge in [-0.15, -0.1) is 0 Å². The number of carbonyl (C=O) groups is 2. The molecule has 0 spiro atoms. The number of hydrogen-bond donors (Lipinski definition) is 2. The van der Waals surface area contributed by atoms with E-state index < -0.39 is 5.97 Å². The van der Waals surface area contributed by atoms with Crippen molar-refractivity contribution in [3.05, 3.63) is 42.0 Å². The largest absolute Gasteiger partial charge is 0.481 e. The minimum Gasteiger partial charge on any atom is -0.481 e. The Balaban J connectivity index is 1.70. The Kier molecular flexibility index (Phi) is 5.51. The molecule has 0 bridgehead atoms. The van der Waals surface area contributed by atoms with Gasteiger partial charge in [0.2, 0.25) is 5.91 Å². The van der Waals surface area contributed by atoms with Gasteiger partial charge in [-0.1, -0.05) is 30.3 Å². The van der Waals surface area contributed by atoms with E-state index in [1.807, 2.05) is 30.3 Å². The molecule has 1 aliphatic heterocycles. The number of rotatable bonds is 5. The lowest BCUT2D eigenvalue weighted by atomic mass is 9.97. The van der Waals surface area contributed by atoms with Gasteiger partial charge in [-0.3, -0.25) is 14.5 Å². The highest BCUT2D eigenvalue weighted by atomic mass is 16.4. The number of carbonyl (C=O) groups excluding carboxylic acids is 1. The van der Waals surface area contributed by atoms with Gasteiger partial charge in [-0.25, -0.2) is 0 Å². The maximum Gasteiger partial charge on any atom is 0.306 e. The first-order chi connectivity index (χ1) is 10.1. The molecule has 2 rings (SSSR count). The molecule has 21 heavy (non-hydrogen) atoms. The van der Waals surface area contributed by atoms with Crippen LogP contribution >= 0.6 is 0 Å². The second-order valence-corrected chi connectivity index (χ2v) is 5.17. The van der Waals surface area contributed by atoms with Crippen LogP contribution in [0.2, 0.25) is 0 Å². The van der Waals surface area contributed by atoms with Crippen LogP contribution in [0.1, 0.15) is 18.4 Å². The zero-order valence-corrected chi connectivity index (χ0v) is 11.9. The second kappa shape index (κ2) is 7.59. The average Bonchev–Trinajstić information content (AvgIpc) is 2.52. The quantitative estimate of drug-likeness (QED) is 0.807. The average molecular weight is 288 g/mol. The number of carboxylic acids is 1. The molecule has 0 radical (unpaired) electrons. The smallest absolute Gasteiger partial charge is 0.306 e. The van der Waals surface area contributed by atoms with Crippen molar-refractivity contribution in [3.63, 3.8) is 0 Å². The lowest BCUT2D eigenvalue weighted by Gasteiger charge is -2.29. The maximum atomic E-state index is 11.7. The van der Waals surface area contributed by atoms with E-state index in [-0.39, 0.29) is 11.8 Å². The number of likely N-dealkylation sites (tertiary alicyclic amines) is 1. The summed E-state index contributed by atoms with van der Waals surface area (Å²) >= 11 is 0. The number of aliphatic carboxylic acids is 1. The molecule has 1 aromatic rings. The molecule has 1 amide bonds. The van der Waals surface area contributed by atoms with Gasteiger partial charge in [0.25, 0.3) is 0 Å². The number of nitrogens with one attached hydrogen (secondary N) is 1. The third kappa shape index (κ3) is 5.04. The van der Waals surface area contributed by atoms with Gasteiger partial charge in [0.15, 0.2) is 0 Å². The van der Waals surface area contributed by atoms with Crippen LogP contribution < -0.4 is 5.32 Å². The molecule has 5 heteroatoms. The molecule has 2 N–H and O–H groups in total. The number of nitrogens with zero attached hydrogens (tertiary/aromatic N) is 1. The summed E-state index contributed by atoms with van der Waals surface area (Å²) in [5.74, 6) is -1.10. The first kappa shape index (κ1) is 15.3. The number of hydrogen-bond acceptors (Lipinski definition) is 3.